The van der Waals surface area contributed by atoms with E-state index in [-0.39, 0.29) is 11.6 Å². The van der Waals surface area contributed by atoms with Crippen molar-refractivity contribution < 1.29 is 26.4 Å². The molecule has 1 fully saturated rings. The van der Waals surface area contributed by atoms with Gasteiger partial charge in [-0.3, -0.25) is 9.10 Å². The number of halogens is 3. The van der Waals surface area contributed by atoms with Crippen LogP contribution in [0.1, 0.15) is 12.5 Å². The molecular formula is C16H22F3N3O3S. The largest absolute Gasteiger partial charge is 0.416 e. The van der Waals surface area contributed by atoms with Gasteiger partial charge in [0, 0.05) is 26.2 Å². The summed E-state index contributed by atoms with van der Waals surface area (Å²) in [6.07, 6.45) is -3.59. The number of nitrogens with zero attached hydrogens (tertiary/aromatic N) is 3. The molecule has 1 amide bonds. The molecule has 2 rings (SSSR count). The quantitative estimate of drug-likeness (QED) is 0.763. The highest BCUT2D eigenvalue weighted by Crippen LogP contribution is 2.31. The predicted molar refractivity (Wildman–Crippen MR) is 92.3 cm³/mol. The fourth-order valence-corrected chi connectivity index (χ4v) is 3.60. The fraction of sp³-hybridized carbons (Fsp3) is 0.562. The zero-order valence-corrected chi connectivity index (χ0v) is 15.5. The highest BCUT2D eigenvalue weighted by molar-refractivity contribution is 7.92. The normalized spacial score (nSPS) is 16.6. The zero-order valence-electron chi connectivity index (χ0n) is 14.7. The molecule has 6 nitrogen and oxygen atoms in total. The average molecular weight is 393 g/mol. The predicted octanol–water partition coefficient (Wildman–Crippen LogP) is 1.64. The second-order valence-electron chi connectivity index (χ2n) is 6.13. The topological polar surface area (TPSA) is 60.9 Å². The van der Waals surface area contributed by atoms with Crippen molar-refractivity contribution in [2.75, 3.05) is 49.8 Å². The van der Waals surface area contributed by atoms with E-state index in [4.69, 9.17) is 0 Å². The summed E-state index contributed by atoms with van der Waals surface area (Å²) in [5, 5.41) is 0. The zero-order chi connectivity index (χ0) is 19.5. The molecule has 0 spiro atoms. The molecule has 0 atom stereocenters. The number of hydrogen-bond acceptors (Lipinski definition) is 4. The lowest BCUT2D eigenvalue weighted by Crippen LogP contribution is -2.51. The number of piperazine rings is 1. The Morgan fingerprint density at radius 2 is 1.65 bits per heavy atom. The van der Waals surface area contributed by atoms with Crippen LogP contribution in [0.3, 0.4) is 0 Å². The van der Waals surface area contributed by atoms with Gasteiger partial charge < -0.3 is 9.80 Å². The van der Waals surface area contributed by atoms with E-state index >= 15 is 0 Å². The number of likely N-dealkylation sites (N-methyl/N-ethyl adjacent to an activating group) is 1. The van der Waals surface area contributed by atoms with Gasteiger partial charge >= 0.3 is 6.18 Å². The number of carbonyl (C=O) groups is 1. The van der Waals surface area contributed by atoms with Crippen molar-refractivity contribution in [2.24, 2.45) is 0 Å². The van der Waals surface area contributed by atoms with Crippen LogP contribution in [-0.4, -0.2) is 69.6 Å². The van der Waals surface area contributed by atoms with Crippen LogP contribution in [-0.2, 0) is 21.0 Å². The lowest BCUT2D eigenvalue weighted by Gasteiger charge is -2.35. The van der Waals surface area contributed by atoms with Gasteiger partial charge in [-0.15, -0.1) is 0 Å². The first-order valence-corrected chi connectivity index (χ1v) is 10.0. The maximum Gasteiger partial charge on any atom is 0.416 e. The maximum absolute atomic E-state index is 12.7. The molecular weight excluding hydrogens is 371 g/mol. The average Bonchev–Trinajstić information content (AvgIpc) is 2.58. The summed E-state index contributed by atoms with van der Waals surface area (Å²) in [4.78, 5) is 16.2. The van der Waals surface area contributed by atoms with Gasteiger partial charge in [-0.25, -0.2) is 8.42 Å². The molecule has 1 aliphatic rings. The van der Waals surface area contributed by atoms with Crippen molar-refractivity contribution in [2.45, 2.75) is 13.1 Å². The third kappa shape index (κ3) is 5.10. The van der Waals surface area contributed by atoms with Gasteiger partial charge in [0.25, 0.3) is 0 Å². The Balaban J connectivity index is 2.15. The van der Waals surface area contributed by atoms with Gasteiger partial charge in [0.2, 0.25) is 15.9 Å². The van der Waals surface area contributed by atoms with Crippen molar-refractivity contribution in [1.29, 1.82) is 0 Å². The van der Waals surface area contributed by atoms with E-state index in [0.29, 0.717) is 26.2 Å². The minimum absolute atomic E-state index is 0.0287. The van der Waals surface area contributed by atoms with Gasteiger partial charge in [-0.2, -0.15) is 13.2 Å². The molecule has 0 N–H and O–H groups in total. The van der Waals surface area contributed by atoms with Crippen molar-refractivity contribution in [1.82, 2.24) is 9.80 Å². The van der Waals surface area contributed by atoms with E-state index < -0.39 is 28.3 Å². The van der Waals surface area contributed by atoms with Crippen molar-refractivity contribution in [3.05, 3.63) is 29.8 Å². The van der Waals surface area contributed by atoms with Crippen LogP contribution in [0.5, 0.6) is 0 Å². The van der Waals surface area contributed by atoms with E-state index in [0.717, 1.165) is 41.4 Å². The monoisotopic (exact) mass is 393 g/mol. The van der Waals surface area contributed by atoms with Gasteiger partial charge in [-0.05, 0) is 30.8 Å². The maximum atomic E-state index is 12.7. The van der Waals surface area contributed by atoms with Gasteiger partial charge in [-0.1, -0.05) is 6.92 Å². The number of rotatable bonds is 5. The summed E-state index contributed by atoms with van der Waals surface area (Å²) in [6, 6.07) is 3.73. The molecule has 1 aromatic carbocycles. The van der Waals surface area contributed by atoms with Crippen LogP contribution >= 0.6 is 0 Å². The van der Waals surface area contributed by atoms with Gasteiger partial charge in [0.15, 0.2) is 0 Å². The molecule has 26 heavy (non-hydrogen) atoms. The van der Waals surface area contributed by atoms with E-state index in [9.17, 15) is 26.4 Å². The highest BCUT2D eigenvalue weighted by Gasteiger charge is 2.31. The molecule has 10 heteroatoms. The number of amides is 1. The first kappa shape index (κ1) is 20.5. The van der Waals surface area contributed by atoms with E-state index in [1.54, 1.807) is 4.90 Å². The second-order valence-corrected chi connectivity index (χ2v) is 8.04. The van der Waals surface area contributed by atoms with Crippen LogP contribution in [0.4, 0.5) is 18.9 Å². The third-order valence-electron chi connectivity index (χ3n) is 4.33. The Bertz CT molecular complexity index is 727. The number of hydrogen-bond donors (Lipinski definition) is 0. The molecule has 1 saturated heterocycles. The smallest absolute Gasteiger partial charge is 0.339 e. The molecule has 146 valence electrons. The summed E-state index contributed by atoms with van der Waals surface area (Å²) in [6.45, 7) is 4.88. The SMILES string of the molecule is CCN1CCN(C(=O)CN(c2ccc(C(F)(F)F)cc2)S(C)(=O)=O)CC1. The molecule has 1 aliphatic heterocycles. The number of sulfonamides is 1. The number of alkyl halides is 3. The molecule has 0 aliphatic carbocycles. The number of carbonyl (C=O) groups excluding carboxylic acids is 1. The van der Waals surface area contributed by atoms with Crippen molar-refractivity contribution >= 4 is 21.6 Å². The van der Waals surface area contributed by atoms with Gasteiger partial charge in [0.05, 0.1) is 17.5 Å². The third-order valence-corrected chi connectivity index (χ3v) is 5.47. The standard InChI is InChI=1S/C16H22F3N3O3S/c1-3-20-8-10-21(11-9-20)15(23)12-22(26(2,24)25)14-6-4-13(5-7-14)16(17,18)19/h4-7H,3,8-12H2,1-2H3. The Morgan fingerprint density at radius 3 is 2.08 bits per heavy atom. The molecule has 1 heterocycles. The molecule has 0 bridgehead atoms. The summed E-state index contributed by atoms with van der Waals surface area (Å²) < 4.78 is 63.0. The summed E-state index contributed by atoms with van der Waals surface area (Å²) in [5.74, 6) is -0.369. The summed E-state index contributed by atoms with van der Waals surface area (Å²) in [5.41, 5.74) is -0.849. The minimum atomic E-state index is -4.51. The Hall–Kier alpha value is -1.81. The molecule has 1 aromatic rings. The molecule has 0 radical (unpaired) electrons. The summed E-state index contributed by atoms with van der Waals surface area (Å²) in [7, 11) is -3.82. The Morgan fingerprint density at radius 1 is 1.12 bits per heavy atom. The fourth-order valence-electron chi connectivity index (χ4n) is 2.75. The number of anilines is 1. The lowest BCUT2D eigenvalue weighted by atomic mass is 10.2. The van der Waals surface area contributed by atoms with Gasteiger partial charge in [0.1, 0.15) is 6.54 Å². The lowest BCUT2D eigenvalue weighted by molar-refractivity contribution is -0.137. The van der Waals surface area contributed by atoms with Crippen molar-refractivity contribution in [3.63, 3.8) is 0 Å². The Labute approximate surface area is 151 Å². The van der Waals surface area contributed by atoms with Crippen LogP contribution in [0, 0.1) is 0 Å². The van der Waals surface area contributed by atoms with E-state index in [1.807, 2.05) is 6.92 Å². The minimum Gasteiger partial charge on any atom is -0.339 e. The Kier molecular flexibility index (Phi) is 6.17. The van der Waals surface area contributed by atoms with Crippen LogP contribution in [0.2, 0.25) is 0 Å². The molecule has 0 unspecified atom stereocenters. The molecule has 0 aromatic heterocycles. The summed E-state index contributed by atoms with van der Waals surface area (Å²) >= 11 is 0. The first-order chi connectivity index (χ1) is 12.0. The van der Waals surface area contributed by atoms with Crippen LogP contribution in [0.15, 0.2) is 24.3 Å². The van der Waals surface area contributed by atoms with E-state index in [2.05, 4.69) is 4.90 Å². The number of benzene rings is 1. The van der Waals surface area contributed by atoms with Crippen LogP contribution in [0.25, 0.3) is 0 Å². The second kappa shape index (κ2) is 7.83. The van der Waals surface area contributed by atoms with Crippen molar-refractivity contribution in [3.8, 4) is 0 Å². The van der Waals surface area contributed by atoms with E-state index in [1.165, 1.54) is 0 Å². The highest BCUT2D eigenvalue weighted by atomic mass is 32.2. The first-order valence-electron chi connectivity index (χ1n) is 8.17. The molecule has 0 saturated carbocycles. The van der Waals surface area contributed by atoms with Crippen LogP contribution < -0.4 is 4.31 Å².